The summed E-state index contributed by atoms with van der Waals surface area (Å²) in [4.78, 5) is 23.9. The van der Waals surface area contributed by atoms with Gasteiger partial charge in [0.2, 0.25) is 5.91 Å². The molecule has 25 heavy (non-hydrogen) atoms. The highest BCUT2D eigenvalue weighted by Gasteiger charge is 2.23. The lowest BCUT2D eigenvalue weighted by molar-refractivity contribution is -0.129. The first-order valence-electron chi connectivity index (χ1n) is 7.96. The van der Waals surface area contributed by atoms with Crippen LogP contribution in [-0.4, -0.2) is 61.9 Å². The monoisotopic (exact) mass is 341 g/mol. The number of rotatable bonds is 2. The third-order valence-corrected chi connectivity index (χ3v) is 4.30. The molecule has 0 saturated carbocycles. The predicted molar refractivity (Wildman–Crippen MR) is 88.9 cm³/mol. The molecule has 2 aromatic heterocycles. The van der Waals surface area contributed by atoms with Crippen LogP contribution in [0.2, 0.25) is 0 Å². The first-order valence-corrected chi connectivity index (χ1v) is 7.96. The molecule has 9 heteroatoms. The Bertz CT molecular complexity index is 933. The van der Waals surface area contributed by atoms with Crippen molar-refractivity contribution >= 4 is 22.9 Å². The largest absolute Gasteiger partial charge is 0.351 e. The van der Waals surface area contributed by atoms with Crippen molar-refractivity contribution in [1.82, 2.24) is 29.9 Å². The predicted octanol–water partition coefficient (Wildman–Crippen LogP) is 1.02. The van der Waals surface area contributed by atoms with Gasteiger partial charge in [-0.3, -0.25) is 4.79 Å². The Hall–Kier alpha value is -3.10. The molecule has 1 aliphatic heterocycles. The third kappa shape index (κ3) is 2.77. The van der Waals surface area contributed by atoms with E-state index < -0.39 is 0 Å². The van der Waals surface area contributed by atoms with E-state index in [1.165, 1.54) is 23.1 Å². The second-order valence-corrected chi connectivity index (χ2v) is 5.84. The van der Waals surface area contributed by atoms with Crippen LogP contribution in [0.3, 0.4) is 0 Å². The quantitative estimate of drug-likeness (QED) is 0.692. The van der Waals surface area contributed by atoms with Gasteiger partial charge >= 0.3 is 0 Å². The van der Waals surface area contributed by atoms with Gasteiger partial charge in [0.1, 0.15) is 12.1 Å². The number of nitrogens with zero attached hydrogens (tertiary/aromatic N) is 7. The number of amides is 1. The lowest BCUT2D eigenvalue weighted by Gasteiger charge is -2.34. The van der Waals surface area contributed by atoms with Crippen molar-refractivity contribution in [1.29, 1.82) is 0 Å². The first-order chi connectivity index (χ1) is 12.1. The molecule has 0 radical (unpaired) electrons. The summed E-state index contributed by atoms with van der Waals surface area (Å²) < 4.78 is 15.0. The molecule has 3 heterocycles. The van der Waals surface area contributed by atoms with E-state index in [1.54, 1.807) is 24.0 Å². The van der Waals surface area contributed by atoms with Crippen LogP contribution < -0.4 is 4.90 Å². The molecule has 0 N–H and O–H groups in total. The minimum absolute atomic E-state index is 0.0736. The Morgan fingerprint density at radius 1 is 1.16 bits per heavy atom. The van der Waals surface area contributed by atoms with E-state index in [0.29, 0.717) is 48.8 Å². The zero-order valence-corrected chi connectivity index (χ0v) is 13.6. The maximum Gasteiger partial charge on any atom is 0.219 e. The molecule has 1 amide bonds. The number of hydrogen-bond acceptors (Lipinski definition) is 6. The lowest BCUT2D eigenvalue weighted by Crippen LogP contribution is -2.48. The minimum atomic E-state index is -0.351. The summed E-state index contributed by atoms with van der Waals surface area (Å²) in [7, 11) is 0. The van der Waals surface area contributed by atoms with Crippen LogP contribution in [0.5, 0.6) is 0 Å². The number of carbonyl (C=O) groups is 1. The van der Waals surface area contributed by atoms with Crippen LogP contribution >= 0.6 is 0 Å². The normalized spacial score (nSPS) is 15.0. The molecule has 1 aliphatic rings. The molecular formula is C16H16FN7O. The fourth-order valence-electron chi connectivity index (χ4n) is 2.98. The molecule has 0 unspecified atom stereocenters. The van der Waals surface area contributed by atoms with Gasteiger partial charge < -0.3 is 9.80 Å². The minimum Gasteiger partial charge on any atom is -0.351 e. The van der Waals surface area contributed by atoms with Gasteiger partial charge in [-0.1, -0.05) is 11.3 Å². The molecule has 1 aromatic carbocycles. The van der Waals surface area contributed by atoms with Gasteiger partial charge in [0.15, 0.2) is 17.0 Å². The van der Waals surface area contributed by atoms with Crippen molar-refractivity contribution in [3.8, 4) is 5.69 Å². The van der Waals surface area contributed by atoms with Crippen LogP contribution in [0.15, 0.2) is 30.6 Å². The second kappa shape index (κ2) is 6.08. The summed E-state index contributed by atoms with van der Waals surface area (Å²) in [5.41, 5.74) is 1.63. The molecule has 0 aliphatic carbocycles. The van der Waals surface area contributed by atoms with Crippen LogP contribution in [0.25, 0.3) is 16.9 Å². The summed E-state index contributed by atoms with van der Waals surface area (Å²) in [5.74, 6) is 0.399. The number of fused-ring (bicyclic) bond motifs is 1. The van der Waals surface area contributed by atoms with Gasteiger partial charge in [-0.15, -0.1) is 5.10 Å². The number of aromatic nitrogens is 5. The highest BCUT2D eigenvalue weighted by molar-refractivity contribution is 5.84. The van der Waals surface area contributed by atoms with Crippen molar-refractivity contribution in [2.75, 3.05) is 31.1 Å². The van der Waals surface area contributed by atoms with Crippen molar-refractivity contribution < 1.29 is 9.18 Å². The maximum atomic E-state index is 13.5. The third-order valence-electron chi connectivity index (χ3n) is 4.30. The highest BCUT2D eigenvalue weighted by Crippen LogP contribution is 2.23. The van der Waals surface area contributed by atoms with Gasteiger partial charge in [0.05, 0.1) is 5.69 Å². The molecule has 3 aromatic rings. The Balaban J connectivity index is 1.69. The molecule has 128 valence electrons. The van der Waals surface area contributed by atoms with E-state index in [-0.39, 0.29) is 11.7 Å². The fourth-order valence-corrected chi connectivity index (χ4v) is 2.98. The highest BCUT2D eigenvalue weighted by atomic mass is 19.1. The Kier molecular flexibility index (Phi) is 3.75. The molecule has 1 saturated heterocycles. The van der Waals surface area contributed by atoms with Crippen molar-refractivity contribution in [3.63, 3.8) is 0 Å². The van der Waals surface area contributed by atoms with Gasteiger partial charge in [-0.25, -0.2) is 14.4 Å². The van der Waals surface area contributed by atoms with Crippen LogP contribution in [0.4, 0.5) is 10.2 Å². The zero-order valence-electron chi connectivity index (χ0n) is 13.6. The average Bonchev–Trinajstić information content (AvgIpc) is 3.06. The summed E-state index contributed by atoms with van der Waals surface area (Å²) in [6, 6.07) is 6.10. The first kappa shape index (κ1) is 15.4. The van der Waals surface area contributed by atoms with E-state index in [2.05, 4.69) is 25.2 Å². The summed E-state index contributed by atoms with van der Waals surface area (Å²) in [6.07, 6.45) is 1.45. The van der Waals surface area contributed by atoms with Crippen molar-refractivity contribution in [2.45, 2.75) is 6.92 Å². The standard InChI is InChI=1S/C16H16FN7O/c1-11(25)22-5-7-23(8-6-22)15-14-16(19-10-18-15)24(21-20-14)13-4-2-3-12(17)9-13/h2-4,9-10H,5-8H2,1H3. The molecule has 4 rings (SSSR count). The number of piperazine rings is 1. The Labute approximate surface area is 142 Å². The maximum absolute atomic E-state index is 13.5. The summed E-state index contributed by atoms with van der Waals surface area (Å²) >= 11 is 0. The average molecular weight is 341 g/mol. The smallest absolute Gasteiger partial charge is 0.219 e. The van der Waals surface area contributed by atoms with Gasteiger partial charge in [0, 0.05) is 33.1 Å². The molecular weight excluding hydrogens is 325 g/mol. The van der Waals surface area contributed by atoms with E-state index in [4.69, 9.17) is 0 Å². The SMILES string of the molecule is CC(=O)N1CCN(c2ncnc3c2nnn3-c2cccc(F)c2)CC1. The van der Waals surface area contributed by atoms with Gasteiger partial charge in [0.25, 0.3) is 0 Å². The zero-order chi connectivity index (χ0) is 17.4. The number of carbonyl (C=O) groups excluding carboxylic acids is 1. The van der Waals surface area contributed by atoms with E-state index in [9.17, 15) is 9.18 Å². The van der Waals surface area contributed by atoms with E-state index in [0.717, 1.165) is 0 Å². The molecule has 8 nitrogen and oxygen atoms in total. The summed E-state index contributed by atoms with van der Waals surface area (Å²) in [6.45, 7) is 4.18. The molecule has 0 atom stereocenters. The van der Waals surface area contributed by atoms with E-state index in [1.807, 2.05) is 0 Å². The molecule has 1 fully saturated rings. The number of anilines is 1. The number of benzene rings is 1. The Morgan fingerprint density at radius 3 is 2.68 bits per heavy atom. The number of hydrogen-bond donors (Lipinski definition) is 0. The van der Waals surface area contributed by atoms with E-state index >= 15 is 0 Å². The molecule has 0 spiro atoms. The molecule has 0 bridgehead atoms. The van der Waals surface area contributed by atoms with Crippen molar-refractivity contribution in [2.24, 2.45) is 0 Å². The lowest BCUT2D eigenvalue weighted by atomic mass is 10.3. The topological polar surface area (TPSA) is 80.0 Å². The van der Waals surface area contributed by atoms with Gasteiger partial charge in [-0.05, 0) is 18.2 Å². The van der Waals surface area contributed by atoms with Crippen LogP contribution in [-0.2, 0) is 4.79 Å². The number of halogens is 1. The summed E-state index contributed by atoms with van der Waals surface area (Å²) in [5, 5.41) is 8.31. The van der Waals surface area contributed by atoms with Crippen LogP contribution in [0.1, 0.15) is 6.92 Å². The second-order valence-electron chi connectivity index (χ2n) is 5.84. The Morgan fingerprint density at radius 2 is 1.96 bits per heavy atom. The van der Waals surface area contributed by atoms with Crippen LogP contribution in [0, 0.1) is 5.82 Å². The fraction of sp³-hybridized carbons (Fsp3) is 0.312. The van der Waals surface area contributed by atoms with Gasteiger partial charge in [-0.2, -0.15) is 4.68 Å². The van der Waals surface area contributed by atoms with Crippen molar-refractivity contribution in [3.05, 3.63) is 36.4 Å².